The number of rotatable bonds is 3. The number of fused-ring (bicyclic) bond motifs is 2. The van der Waals surface area contributed by atoms with Gasteiger partial charge in [-0.2, -0.15) is 0 Å². The molecule has 0 aromatic heterocycles. The van der Waals surface area contributed by atoms with Crippen molar-refractivity contribution in [2.75, 3.05) is 0 Å². The molecule has 0 aliphatic carbocycles. The highest BCUT2D eigenvalue weighted by molar-refractivity contribution is 5.71. The summed E-state index contributed by atoms with van der Waals surface area (Å²) in [4.78, 5) is 25.1. The molecule has 0 saturated carbocycles. The Kier molecular flexibility index (Phi) is 23.6. The molecule has 0 spiro atoms. The summed E-state index contributed by atoms with van der Waals surface area (Å²) in [6, 6.07) is -1.15. The largest absolute Gasteiger partial charge is 0.481 e. The number of esters is 1. The van der Waals surface area contributed by atoms with E-state index in [-0.39, 0.29) is 31.6 Å². The molecule has 18 nitrogen and oxygen atoms in total. The summed E-state index contributed by atoms with van der Waals surface area (Å²) in [6.07, 6.45) is 3.46. The molecule has 13 N–H and O–H groups in total. The topological polar surface area (TPSA) is 320 Å². The average molecular weight is 924 g/mol. The van der Waals surface area contributed by atoms with Crippen molar-refractivity contribution in [3.8, 4) is 0 Å². The van der Waals surface area contributed by atoms with Crippen LogP contribution in [0, 0.1) is 17.8 Å². The van der Waals surface area contributed by atoms with Crippen molar-refractivity contribution in [3.05, 3.63) is 85.1 Å². The minimum atomic E-state index is -2.33. The monoisotopic (exact) mass is 923 g/mol. The number of carbonyl (C=O) groups is 2. The van der Waals surface area contributed by atoms with Crippen LogP contribution in [0.2, 0.25) is 0 Å². The number of carbonyl (C=O) groups excluding carboxylic acids is 1. The highest BCUT2D eigenvalue weighted by Gasteiger charge is 2.51. The molecule has 3 unspecified atom stereocenters. The third-order valence-electron chi connectivity index (χ3n) is 12.0. The smallest absolute Gasteiger partial charge is 0.311 e. The van der Waals surface area contributed by atoms with Gasteiger partial charge in [0.1, 0.15) is 18.1 Å². The van der Waals surface area contributed by atoms with Crippen molar-refractivity contribution in [2.24, 2.45) is 23.5 Å². The van der Waals surface area contributed by atoms with Gasteiger partial charge in [0.15, 0.2) is 12.1 Å². The van der Waals surface area contributed by atoms with E-state index in [2.05, 4.69) is 0 Å². The van der Waals surface area contributed by atoms with Crippen LogP contribution in [-0.2, 0) is 28.5 Å². The number of allylic oxidation sites excluding steroid dienone is 12. The molecule has 19 atom stereocenters. The van der Waals surface area contributed by atoms with Gasteiger partial charge in [-0.15, -0.1) is 0 Å². The molecule has 0 aromatic carbocycles. The summed E-state index contributed by atoms with van der Waals surface area (Å²) in [5, 5.41) is 118. The number of cyclic esters (lactones) is 1. The lowest BCUT2D eigenvalue weighted by Crippen LogP contribution is -2.61. The van der Waals surface area contributed by atoms with Crippen molar-refractivity contribution in [3.63, 3.8) is 0 Å². The molecule has 3 heterocycles. The molecule has 0 amide bonds. The van der Waals surface area contributed by atoms with Crippen LogP contribution in [0.3, 0.4) is 0 Å². The van der Waals surface area contributed by atoms with Crippen molar-refractivity contribution in [1.82, 2.24) is 0 Å². The molecular formula is C47H73NO17. The Hall–Kier alpha value is -3.44. The van der Waals surface area contributed by atoms with Crippen LogP contribution in [0.4, 0.5) is 0 Å². The van der Waals surface area contributed by atoms with E-state index >= 15 is 0 Å². The molecule has 3 rings (SSSR count). The second kappa shape index (κ2) is 27.4. The van der Waals surface area contributed by atoms with Crippen LogP contribution in [0.25, 0.3) is 0 Å². The number of hydrogen-bond donors (Lipinski definition) is 12. The van der Waals surface area contributed by atoms with Crippen molar-refractivity contribution in [2.45, 2.75) is 177 Å². The summed E-state index contributed by atoms with van der Waals surface area (Å²) in [5.74, 6) is -6.83. The standard InChI is InChI=1S/C47H73NO17/c1-27-17-15-13-11-9-7-5-6-8-10-12-14-16-18-34(64-46-44(58)41(48)43(57)30(4)63-46)24-38-40(45(59)60)37(54)26-47(61,65-38)25-33(51)22-36(53)35(52)20-19-31(49)21-32(50)23-39(55)62-29(3)28(2)42(27)56/h5-18,27-38,40-44,46,49-54,56-58,61H,19-26,48H2,1-4H3,(H,59,60)/b6-5+,9-7+,10-8+,13-11+,14-12+,17-15+,18-16+/t27-,28-,29-,30+,31+,32+,33-,34-,35?,36+,37-,38-,40+,41-,42+,43+,44-,46?,47?/m0/s1. The summed E-state index contributed by atoms with van der Waals surface area (Å²) < 4.78 is 23.1. The lowest BCUT2D eigenvalue weighted by molar-refractivity contribution is -0.308. The highest BCUT2D eigenvalue weighted by atomic mass is 16.7. The second-order valence-corrected chi connectivity index (χ2v) is 17.6. The minimum Gasteiger partial charge on any atom is -0.481 e. The fourth-order valence-corrected chi connectivity index (χ4v) is 7.97. The van der Waals surface area contributed by atoms with Gasteiger partial charge < -0.3 is 80.9 Å². The Balaban J connectivity index is 1.86. The van der Waals surface area contributed by atoms with Crippen LogP contribution in [0.5, 0.6) is 0 Å². The van der Waals surface area contributed by atoms with E-state index in [9.17, 15) is 65.8 Å². The lowest BCUT2D eigenvalue weighted by Gasteiger charge is -2.45. The van der Waals surface area contributed by atoms with E-state index in [1.807, 2.05) is 19.1 Å². The zero-order valence-corrected chi connectivity index (χ0v) is 37.6. The summed E-state index contributed by atoms with van der Waals surface area (Å²) >= 11 is 0. The first-order valence-electron chi connectivity index (χ1n) is 22.3. The summed E-state index contributed by atoms with van der Waals surface area (Å²) in [7, 11) is 0. The second-order valence-electron chi connectivity index (χ2n) is 17.6. The van der Waals surface area contributed by atoms with Gasteiger partial charge >= 0.3 is 11.9 Å². The van der Waals surface area contributed by atoms with Crippen LogP contribution >= 0.6 is 0 Å². The van der Waals surface area contributed by atoms with E-state index in [1.54, 1.807) is 80.7 Å². The van der Waals surface area contributed by atoms with E-state index in [0.717, 1.165) is 0 Å². The number of carboxylic acid groups (broad SMARTS) is 1. The van der Waals surface area contributed by atoms with Gasteiger partial charge in [0.2, 0.25) is 0 Å². The molecule has 65 heavy (non-hydrogen) atoms. The Morgan fingerprint density at radius 2 is 1.23 bits per heavy atom. The van der Waals surface area contributed by atoms with Crippen LogP contribution in [0.15, 0.2) is 85.1 Å². The molecule has 2 bridgehead atoms. The van der Waals surface area contributed by atoms with Gasteiger partial charge in [0.25, 0.3) is 0 Å². The number of nitrogens with two attached hydrogens (primary N) is 1. The van der Waals surface area contributed by atoms with Crippen molar-refractivity contribution >= 4 is 11.9 Å². The first kappa shape index (κ1) is 55.9. The van der Waals surface area contributed by atoms with Gasteiger partial charge in [-0.3, -0.25) is 9.59 Å². The molecular weight excluding hydrogens is 851 g/mol. The number of hydrogen-bond acceptors (Lipinski definition) is 17. The van der Waals surface area contributed by atoms with Gasteiger partial charge in [-0.25, -0.2) is 0 Å². The Morgan fingerprint density at radius 3 is 1.82 bits per heavy atom. The van der Waals surface area contributed by atoms with Crippen LogP contribution in [-0.4, -0.2) is 166 Å². The molecule has 2 saturated heterocycles. The van der Waals surface area contributed by atoms with Crippen molar-refractivity contribution in [1.29, 1.82) is 0 Å². The molecule has 0 aromatic rings. The Morgan fingerprint density at radius 1 is 0.662 bits per heavy atom. The molecule has 2 fully saturated rings. The molecule has 0 radical (unpaired) electrons. The SMILES string of the molecule is C[C@@H]1[C@H](O)[C@@H](C)/C=C/C=C/C=C/C=C/C=C/C=C/C=C/[C@H](OC2O[C@H](C)[C@@H](O)[C@H](N)[C@@H]2O)C[C@@H]2OC(O)(C[C@@H](O)C[C@@H](O)C(O)CC[C@@H](O)C[C@@H](O)CC(=O)O[C@H]1C)C[C@H](O)[C@H]2C(=O)O. The van der Waals surface area contributed by atoms with Gasteiger partial charge in [-0.05, 0) is 33.1 Å². The maximum Gasteiger partial charge on any atom is 0.311 e. The fraction of sp³-hybridized carbons (Fsp3) is 0.660. The maximum atomic E-state index is 12.6. The molecule has 3 aliphatic rings. The fourth-order valence-electron chi connectivity index (χ4n) is 7.97. The summed E-state index contributed by atoms with van der Waals surface area (Å²) in [6.45, 7) is 6.74. The lowest BCUT2D eigenvalue weighted by atomic mass is 9.82. The Labute approximate surface area is 381 Å². The predicted octanol–water partition coefficient (Wildman–Crippen LogP) is 0.712. The van der Waals surface area contributed by atoms with Crippen molar-refractivity contribution < 1.29 is 84.7 Å². The maximum absolute atomic E-state index is 12.6. The van der Waals surface area contributed by atoms with Crippen LogP contribution in [0.1, 0.15) is 79.1 Å². The van der Waals surface area contributed by atoms with Gasteiger partial charge in [0, 0.05) is 37.5 Å². The summed E-state index contributed by atoms with van der Waals surface area (Å²) in [5.41, 5.74) is 6.02. The first-order valence-corrected chi connectivity index (χ1v) is 22.3. The average Bonchev–Trinajstić information content (AvgIpc) is 3.21. The van der Waals surface area contributed by atoms with Gasteiger partial charge in [-0.1, -0.05) is 98.9 Å². The molecule has 18 heteroatoms. The third-order valence-corrected chi connectivity index (χ3v) is 12.0. The first-order chi connectivity index (χ1) is 30.6. The van der Waals surface area contributed by atoms with E-state index in [1.165, 1.54) is 13.0 Å². The predicted molar refractivity (Wildman–Crippen MR) is 237 cm³/mol. The zero-order valence-electron chi connectivity index (χ0n) is 37.6. The number of carboxylic acids is 1. The number of aliphatic hydroxyl groups is 10. The third kappa shape index (κ3) is 18.6. The quantitative estimate of drug-likeness (QED) is 0.174. The number of ether oxygens (including phenoxy) is 4. The Bertz CT molecular complexity index is 1670. The number of aliphatic carboxylic acids is 1. The molecule has 3 aliphatic heterocycles. The van der Waals surface area contributed by atoms with E-state index in [4.69, 9.17) is 24.7 Å². The minimum absolute atomic E-state index is 0.107. The van der Waals surface area contributed by atoms with Crippen LogP contribution < -0.4 is 5.73 Å². The number of aliphatic hydroxyl groups excluding tert-OH is 9. The van der Waals surface area contributed by atoms with E-state index < -0.39 is 147 Å². The highest BCUT2D eigenvalue weighted by Crippen LogP contribution is 2.38. The van der Waals surface area contributed by atoms with E-state index in [0.29, 0.717) is 0 Å². The normalized spacial score (nSPS) is 45.5. The zero-order chi connectivity index (χ0) is 48.4. The van der Waals surface area contributed by atoms with Gasteiger partial charge in [0.05, 0.1) is 79.6 Å². The molecule has 368 valence electrons.